The Kier molecular flexibility index (Phi) is 2.77. The fourth-order valence-corrected chi connectivity index (χ4v) is 5.73. The van der Waals surface area contributed by atoms with E-state index in [-0.39, 0.29) is 0 Å². The van der Waals surface area contributed by atoms with Crippen LogP contribution in [-0.2, 0) is 0 Å². The first-order chi connectivity index (χ1) is 12.4. The minimum absolute atomic E-state index is 0.476. The van der Waals surface area contributed by atoms with Crippen LogP contribution < -0.4 is 0 Å². The van der Waals surface area contributed by atoms with Gasteiger partial charge in [-0.15, -0.1) is 11.3 Å². The molecule has 0 saturated carbocycles. The third-order valence-electron chi connectivity index (χ3n) is 5.89. The lowest BCUT2D eigenvalue weighted by molar-refractivity contribution is 0.413. The van der Waals surface area contributed by atoms with Crippen molar-refractivity contribution in [3.8, 4) is 10.6 Å². The van der Waals surface area contributed by atoms with Crippen LogP contribution in [0.5, 0.6) is 0 Å². The molecular formula is C23H17NS. The fourth-order valence-electron chi connectivity index (χ4n) is 4.74. The number of fused-ring (bicyclic) bond motifs is 4. The second-order valence-corrected chi connectivity index (χ2v) is 8.22. The van der Waals surface area contributed by atoms with Gasteiger partial charge in [0.25, 0.3) is 0 Å². The quantitative estimate of drug-likeness (QED) is 0.491. The summed E-state index contributed by atoms with van der Waals surface area (Å²) in [6, 6.07) is 15.1. The second-order valence-electron chi connectivity index (χ2n) is 7.19. The average Bonchev–Trinajstić information content (AvgIpc) is 3.33. The highest BCUT2D eigenvalue weighted by atomic mass is 32.1. The smallest absolute Gasteiger partial charge is 0.124 e. The monoisotopic (exact) mass is 339 g/mol. The first kappa shape index (κ1) is 13.8. The molecule has 3 aliphatic carbocycles. The molecule has 0 spiro atoms. The van der Waals surface area contributed by atoms with Gasteiger partial charge in [-0.2, -0.15) is 0 Å². The van der Waals surface area contributed by atoms with E-state index < -0.39 is 0 Å². The summed E-state index contributed by atoms with van der Waals surface area (Å²) in [6.45, 7) is 0. The summed E-state index contributed by atoms with van der Waals surface area (Å²) in [5, 5.41) is 1.12. The summed E-state index contributed by atoms with van der Waals surface area (Å²) >= 11 is 1.81. The van der Waals surface area contributed by atoms with E-state index in [0.717, 1.165) is 5.01 Å². The van der Waals surface area contributed by atoms with Crippen LogP contribution in [0.3, 0.4) is 0 Å². The molecule has 0 saturated heterocycles. The van der Waals surface area contributed by atoms with Gasteiger partial charge in [-0.05, 0) is 34.9 Å². The first-order valence-electron chi connectivity index (χ1n) is 8.92. The Morgan fingerprint density at radius 3 is 2.48 bits per heavy atom. The summed E-state index contributed by atoms with van der Waals surface area (Å²) < 4.78 is 1.30. The second kappa shape index (κ2) is 5.03. The summed E-state index contributed by atoms with van der Waals surface area (Å²) in [5.74, 6) is 2.27. The molecule has 0 aliphatic heterocycles. The molecule has 0 radical (unpaired) electrons. The van der Waals surface area contributed by atoms with E-state index in [4.69, 9.17) is 4.98 Å². The zero-order valence-electron chi connectivity index (χ0n) is 13.7. The summed E-state index contributed by atoms with van der Waals surface area (Å²) in [6.07, 6.45) is 14.3. The number of thiazole rings is 1. The Labute approximate surface area is 151 Å². The van der Waals surface area contributed by atoms with Gasteiger partial charge in [-0.3, -0.25) is 0 Å². The molecule has 1 heterocycles. The molecule has 0 fully saturated rings. The Balaban J connectivity index is 1.59. The highest BCUT2D eigenvalue weighted by Crippen LogP contribution is 2.52. The van der Waals surface area contributed by atoms with Crippen molar-refractivity contribution in [2.45, 2.75) is 5.92 Å². The zero-order valence-corrected chi connectivity index (χ0v) is 14.5. The van der Waals surface area contributed by atoms with E-state index in [2.05, 4.69) is 78.9 Å². The highest BCUT2D eigenvalue weighted by Gasteiger charge is 2.41. The van der Waals surface area contributed by atoms with Crippen LogP contribution in [0, 0.1) is 17.8 Å². The van der Waals surface area contributed by atoms with E-state index >= 15 is 0 Å². The number of aromatic nitrogens is 1. The fraction of sp³-hybridized carbons (Fsp3) is 0.174. The molecule has 4 unspecified atom stereocenters. The van der Waals surface area contributed by atoms with Gasteiger partial charge in [0.15, 0.2) is 0 Å². The predicted molar refractivity (Wildman–Crippen MR) is 106 cm³/mol. The van der Waals surface area contributed by atoms with Crippen LogP contribution in [0.1, 0.15) is 17.0 Å². The molecule has 2 aromatic carbocycles. The molecule has 1 aromatic heterocycles. The molecule has 4 atom stereocenters. The molecular weight excluding hydrogens is 322 g/mol. The third kappa shape index (κ3) is 1.92. The van der Waals surface area contributed by atoms with Gasteiger partial charge in [0, 0.05) is 11.5 Å². The molecule has 0 bridgehead atoms. The van der Waals surface area contributed by atoms with Crippen LogP contribution in [0.15, 0.2) is 72.8 Å². The van der Waals surface area contributed by atoms with Crippen molar-refractivity contribution in [1.29, 1.82) is 0 Å². The number of rotatable bonds is 1. The third-order valence-corrected chi connectivity index (χ3v) is 6.96. The molecule has 0 amide bonds. The van der Waals surface area contributed by atoms with Crippen LogP contribution in [0.25, 0.3) is 26.9 Å². The van der Waals surface area contributed by atoms with Crippen molar-refractivity contribution in [2.24, 2.45) is 17.8 Å². The minimum Gasteiger partial charge on any atom is -0.236 e. The number of allylic oxidation sites excluding steroid dienone is 5. The van der Waals surface area contributed by atoms with Crippen LogP contribution >= 0.6 is 11.3 Å². The maximum Gasteiger partial charge on any atom is 0.124 e. The van der Waals surface area contributed by atoms with Gasteiger partial charge in [0.05, 0.1) is 10.2 Å². The van der Waals surface area contributed by atoms with Crippen LogP contribution in [0.4, 0.5) is 0 Å². The van der Waals surface area contributed by atoms with Crippen LogP contribution in [0.2, 0.25) is 0 Å². The molecule has 120 valence electrons. The van der Waals surface area contributed by atoms with Crippen LogP contribution in [-0.4, -0.2) is 4.98 Å². The van der Waals surface area contributed by atoms with E-state index in [1.165, 1.54) is 26.9 Å². The van der Waals surface area contributed by atoms with E-state index in [1.807, 2.05) is 0 Å². The summed E-state index contributed by atoms with van der Waals surface area (Å²) in [4.78, 5) is 5.10. The zero-order chi connectivity index (χ0) is 16.4. The maximum absolute atomic E-state index is 5.10. The summed E-state index contributed by atoms with van der Waals surface area (Å²) in [7, 11) is 0. The van der Waals surface area contributed by atoms with Crippen molar-refractivity contribution in [3.63, 3.8) is 0 Å². The maximum atomic E-state index is 5.10. The predicted octanol–water partition coefficient (Wildman–Crippen LogP) is 6.06. The van der Waals surface area contributed by atoms with E-state index in [1.54, 1.807) is 11.3 Å². The summed E-state index contributed by atoms with van der Waals surface area (Å²) in [5.41, 5.74) is 5.19. The van der Waals surface area contributed by atoms with Gasteiger partial charge < -0.3 is 0 Å². The minimum atomic E-state index is 0.476. The number of hydrogen-bond acceptors (Lipinski definition) is 2. The Bertz CT molecular complexity index is 1070. The van der Waals surface area contributed by atoms with Gasteiger partial charge in [0.1, 0.15) is 5.01 Å². The molecule has 6 rings (SSSR count). The highest BCUT2D eigenvalue weighted by molar-refractivity contribution is 7.21. The molecule has 3 aliphatic rings. The lowest BCUT2D eigenvalue weighted by Crippen LogP contribution is -2.16. The lowest BCUT2D eigenvalue weighted by atomic mass is 9.80. The van der Waals surface area contributed by atoms with Crippen molar-refractivity contribution in [3.05, 3.63) is 84.0 Å². The number of nitrogens with zero attached hydrogens (tertiary/aromatic N) is 1. The SMILES string of the molecule is C1=CC2C=CC3C=CC(c4c1ccc1sc(-c5ccccc5)nc41)C23. The van der Waals surface area contributed by atoms with Crippen molar-refractivity contribution >= 4 is 27.6 Å². The van der Waals surface area contributed by atoms with Crippen molar-refractivity contribution in [1.82, 2.24) is 4.98 Å². The first-order valence-corrected chi connectivity index (χ1v) is 9.74. The number of hydrogen-bond donors (Lipinski definition) is 0. The van der Waals surface area contributed by atoms with Crippen molar-refractivity contribution in [2.75, 3.05) is 0 Å². The molecule has 1 nitrogen and oxygen atoms in total. The largest absolute Gasteiger partial charge is 0.236 e. The molecule has 0 N–H and O–H groups in total. The van der Waals surface area contributed by atoms with Crippen molar-refractivity contribution < 1.29 is 0 Å². The topological polar surface area (TPSA) is 12.9 Å². The van der Waals surface area contributed by atoms with Gasteiger partial charge in [0.2, 0.25) is 0 Å². The molecule has 2 heteroatoms. The molecule has 25 heavy (non-hydrogen) atoms. The standard InChI is InChI=1S/C23H17NS/c1-2-4-17(5-3-1)23-24-22-19(25-23)13-11-16-9-8-14-6-7-15-10-12-18(20(14)15)21(16)22/h1-15,18,20H. The number of benzene rings is 2. The lowest BCUT2D eigenvalue weighted by Gasteiger charge is -2.23. The van der Waals surface area contributed by atoms with Gasteiger partial charge in [-0.25, -0.2) is 4.98 Å². The Morgan fingerprint density at radius 1 is 0.800 bits per heavy atom. The average molecular weight is 339 g/mol. The Morgan fingerprint density at radius 2 is 1.60 bits per heavy atom. The normalized spacial score (nSPS) is 28.3. The Hall–Kier alpha value is -2.45. The van der Waals surface area contributed by atoms with E-state index in [9.17, 15) is 0 Å². The van der Waals surface area contributed by atoms with Gasteiger partial charge in [-0.1, -0.05) is 72.9 Å². The van der Waals surface area contributed by atoms with E-state index in [0.29, 0.717) is 23.7 Å². The molecule has 3 aromatic rings. The van der Waals surface area contributed by atoms with Gasteiger partial charge >= 0.3 is 0 Å².